The van der Waals surface area contributed by atoms with E-state index in [0.717, 1.165) is 36.2 Å². The van der Waals surface area contributed by atoms with Crippen molar-refractivity contribution in [2.45, 2.75) is 18.9 Å². The molecule has 6 nitrogen and oxygen atoms in total. The Kier molecular flexibility index (Phi) is 5.02. The molecule has 28 heavy (non-hydrogen) atoms. The number of amides is 1. The molecule has 0 bridgehead atoms. The van der Waals surface area contributed by atoms with E-state index in [1.807, 2.05) is 42.5 Å². The lowest BCUT2D eigenvalue weighted by Gasteiger charge is -2.35. The van der Waals surface area contributed by atoms with Crippen molar-refractivity contribution in [2.75, 3.05) is 25.1 Å². The van der Waals surface area contributed by atoms with Crippen molar-refractivity contribution < 1.29 is 9.53 Å². The average Bonchev–Trinajstić information content (AvgIpc) is 2.73. The number of benzene rings is 2. The molecule has 3 aromatic rings. The Morgan fingerprint density at radius 2 is 1.96 bits per heavy atom. The van der Waals surface area contributed by atoms with E-state index in [1.54, 1.807) is 13.2 Å². The second-order valence-corrected chi connectivity index (χ2v) is 7.02. The van der Waals surface area contributed by atoms with Crippen molar-refractivity contribution in [1.82, 2.24) is 10.3 Å². The van der Waals surface area contributed by atoms with Gasteiger partial charge in [0.15, 0.2) is 0 Å². The van der Waals surface area contributed by atoms with Gasteiger partial charge in [-0.2, -0.15) is 0 Å². The summed E-state index contributed by atoms with van der Waals surface area (Å²) in [5.74, 6) is 0.615. The van der Waals surface area contributed by atoms with Crippen molar-refractivity contribution in [1.29, 1.82) is 0 Å². The second kappa shape index (κ2) is 7.76. The summed E-state index contributed by atoms with van der Waals surface area (Å²) in [7, 11) is 1.67. The molecule has 1 amide bonds. The van der Waals surface area contributed by atoms with E-state index in [2.05, 4.69) is 15.2 Å². The third-order valence-electron chi connectivity index (χ3n) is 5.18. The summed E-state index contributed by atoms with van der Waals surface area (Å²) in [5.41, 5.74) is 1.84. The summed E-state index contributed by atoms with van der Waals surface area (Å²) >= 11 is 0. The van der Waals surface area contributed by atoms with E-state index >= 15 is 0 Å². The van der Waals surface area contributed by atoms with Gasteiger partial charge in [-0.3, -0.25) is 9.59 Å². The topological polar surface area (TPSA) is 74.4 Å². The number of hydrogen-bond donors (Lipinski definition) is 2. The van der Waals surface area contributed by atoms with Gasteiger partial charge in [0.25, 0.3) is 5.91 Å². The minimum atomic E-state index is -0.275. The van der Waals surface area contributed by atoms with Gasteiger partial charge in [0.2, 0.25) is 5.56 Å². The molecule has 0 saturated carbocycles. The number of piperidine rings is 1. The summed E-state index contributed by atoms with van der Waals surface area (Å²) in [6.07, 6.45) is 1.87. The molecule has 1 aromatic heterocycles. The highest BCUT2D eigenvalue weighted by Crippen LogP contribution is 2.30. The zero-order valence-electron chi connectivity index (χ0n) is 15.8. The number of methoxy groups -OCH3 is 1. The number of hydrogen-bond acceptors (Lipinski definition) is 4. The van der Waals surface area contributed by atoms with E-state index in [9.17, 15) is 9.59 Å². The van der Waals surface area contributed by atoms with Crippen LogP contribution in [-0.4, -0.2) is 37.1 Å². The number of rotatable bonds is 4. The summed E-state index contributed by atoms with van der Waals surface area (Å²) in [6.45, 7) is 1.62. The fourth-order valence-corrected chi connectivity index (χ4v) is 3.86. The highest BCUT2D eigenvalue weighted by molar-refractivity contribution is 6.06. The Morgan fingerprint density at radius 1 is 1.18 bits per heavy atom. The third-order valence-corrected chi connectivity index (χ3v) is 5.18. The van der Waals surface area contributed by atoms with Crippen molar-refractivity contribution in [2.24, 2.45) is 0 Å². The summed E-state index contributed by atoms with van der Waals surface area (Å²) in [4.78, 5) is 29.9. The van der Waals surface area contributed by atoms with Crippen molar-refractivity contribution in [3.05, 3.63) is 70.5 Å². The standard InChI is InChI=1S/C22H23N3O3/c1-28-20-11-5-4-10-19(20)25-12-6-7-15(14-25)23-22(27)17-13-21(26)24-18-9-3-2-8-16(17)18/h2-5,8-11,13,15H,6-7,12,14H2,1H3,(H,23,27)(H,24,26). The number of aromatic amines is 1. The zero-order chi connectivity index (χ0) is 19.5. The van der Waals surface area contributed by atoms with Crippen LogP contribution in [0.5, 0.6) is 5.75 Å². The molecule has 0 radical (unpaired) electrons. The Morgan fingerprint density at radius 3 is 2.82 bits per heavy atom. The smallest absolute Gasteiger partial charge is 0.252 e. The SMILES string of the molecule is COc1ccccc1N1CCCC(NC(=O)c2cc(=O)[nH]c3ccccc23)C1. The third kappa shape index (κ3) is 3.58. The number of ether oxygens (including phenoxy) is 1. The first-order valence-electron chi connectivity index (χ1n) is 9.46. The number of para-hydroxylation sites is 3. The predicted octanol–water partition coefficient (Wildman–Crippen LogP) is 2.94. The average molecular weight is 377 g/mol. The van der Waals surface area contributed by atoms with Crippen LogP contribution in [0.15, 0.2) is 59.4 Å². The molecule has 1 atom stereocenters. The first-order chi connectivity index (χ1) is 13.7. The minimum Gasteiger partial charge on any atom is -0.495 e. The molecule has 1 aliphatic rings. The highest BCUT2D eigenvalue weighted by atomic mass is 16.5. The molecule has 4 rings (SSSR count). The summed E-state index contributed by atoms with van der Waals surface area (Å²) in [5, 5.41) is 3.86. The molecule has 2 aromatic carbocycles. The fraction of sp³-hybridized carbons (Fsp3) is 0.273. The maximum absolute atomic E-state index is 12.9. The van der Waals surface area contributed by atoms with E-state index in [4.69, 9.17) is 4.74 Å². The quantitative estimate of drug-likeness (QED) is 0.733. The van der Waals surface area contributed by atoms with Crippen LogP contribution < -0.4 is 20.5 Å². The molecule has 2 N–H and O–H groups in total. The minimum absolute atomic E-state index is 0.00390. The Balaban J connectivity index is 1.55. The van der Waals surface area contributed by atoms with Gasteiger partial charge >= 0.3 is 0 Å². The highest BCUT2D eigenvalue weighted by Gasteiger charge is 2.24. The fourth-order valence-electron chi connectivity index (χ4n) is 3.86. The molecule has 1 saturated heterocycles. The van der Waals surface area contributed by atoms with Crippen LogP contribution >= 0.6 is 0 Å². The first-order valence-corrected chi connectivity index (χ1v) is 9.46. The number of nitrogens with one attached hydrogen (secondary N) is 2. The molecule has 6 heteroatoms. The number of aromatic nitrogens is 1. The second-order valence-electron chi connectivity index (χ2n) is 7.02. The molecule has 144 valence electrons. The van der Waals surface area contributed by atoms with Crippen molar-refractivity contribution in [3.63, 3.8) is 0 Å². The lowest BCUT2D eigenvalue weighted by molar-refractivity contribution is 0.0934. The molecule has 1 unspecified atom stereocenters. The normalized spacial score (nSPS) is 16.8. The van der Waals surface area contributed by atoms with Crippen LogP contribution in [-0.2, 0) is 0 Å². The number of carbonyl (C=O) groups excluding carboxylic acids is 1. The van der Waals surface area contributed by atoms with Gasteiger partial charge in [-0.15, -0.1) is 0 Å². The molecule has 2 heterocycles. The number of nitrogens with zero attached hydrogens (tertiary/aromatic N) is 1. The zero-order valence-corrected chi connectivity index (χ0v) is 15.8. The molecule has 1 aliphatic heterocycles. The maximum atomic E-state index is 12.9. The van der Waals surface area contributed by atoms with Gasteiger partial charge < -0.3 is 19.9 Å². The van der Waals surface area contributed by atoms with E-state index in [0.29, 0.717) is 17.6 Å². The van der Waals surface area contributed by atoms with Gasteiger partial charge in [0, 0.05) is 36.1 Å². The number of H-pyrrole nitrogens is 1. The lowest BCUT2D eigenvalue weighted by atomic mass is 10.0. The van der Waals surface area contributed by atoms with Crippen LogP contribution in [0.25, 0.3) is 10.9 Å². The van der Waals surface area contributed by atoms with Crippen LogP contribution in [0, 0.1) is 0 Å². The molecule has 0 spiro atoms. The summed E-state index contributed by atoms with van der Waals surface area (Å²) in [6, 6.07) is 16.6. The van der Waals surface area contributed by atoms with Crippen LogP contribution in [0.1, 0.15) is 23.2 Å². The first kappa shape index (κ1) is 18.1. The molecule has 1 fully saturated rings. The summed E-state index contributed by atoms with van der Waals surface area (Å²) < 4.78 is 5.48. The van der Waals surface area contributed by atoms with Crippen molar-refractivity contribution in [3.8, 4) is 5.75 Å². The predicted molar refractivity (Wildman–Crippen MR) is 110 cm³/mol. The van der Waals surface area contributed by atoms with Gasteiger partial charge in [-0.1, -0.05) is 30.3 Å². The Bertz CT molecular complexity index is 1060. The van der Waals surface area contributed by atoms with Gasteiger partial charge in [-0.05, 0) is 31.0 Å². The molecule has 0 aliphatic carbocycles. The van der Waals surface area contributed by atoms with E-state index < -0.39 is 0 Å². The van der Waals surface area contributed by atoms with Gasteiger partial charge in [0.1, 0.15) is 5.75 Å². The number of pyridine rings is 1. The largest absolute Gasteiger partial charge is 0.495 e. The molecular formula is C22H23N3O3. The van der Waals surface area contributed by atoms with E-state index in [-0.39, 0.29) is 17.5 Å². The van der Waals surface area contributed by atoms with Crippen LogP contribution in [0.4, 0.5) is 5.69 Å². The van der Waals surface area contributed by atoms with Gasteiger partial charge in [-0.25, -0.2) is 0 Å². The number of anilines is 1. The Hall–Kier alpha value is -3.28. The van der Waals surface area contributed by atoms with Crippen molar-refractivity contribution >= 4 is 22.5 Å². The Labute approximate surface area is 163 Å². The van der Waals surface area contributed by atoms with E-state index in [1.165, 1.54) is 6.07 Å². The number of carbonyl (C=O) groups is 1. The van der Waals surface area contributed by atoms with Crippen LogP contribution in [0.3, 0.4) is 0 Å². The van der Waals surface area contributed by atoms with Crippen LogP contribution in [0.2, 0.25) is 0 Å². The lowest BCUT2D eigenvalue weighted by Crippen LogP contribution is -2.48. The number of fused-ring (bicyclic) bond motifs is 1. The monoisotopic (exact) mass is 377 g/mol. The van der Waals surface area contributed by atoms with Gasteiger partial charge in [0.05, 0.1) is 18.4 Å². The molecular weight excluding hydrogens is 354 g/mol. The maximum Gasteiger partial charge on any atom is 0.252 e.